The summed E-state index contributed by atoms with van der Waals surface area (Å²) in [6.45, 7) is 3.77. The number of anilines is 1. The molecule has 2 rings (SSSR count). The van der Waals surface area contributed by atoms with Gasteiger partial charge in [-0.05, 0) is 65.2 Å². The summed E-state index contributed by atoms with van der Waals surface area (Å²) in [5.41, 5.74) is 2.42. The van der Waals surface area contributed by atoms with Gasteiger partial charge in [0.2, 0.25) is 0 Å². The number of nitrogens with one attached hydrogen (secondary N) is 1. The average Bonchev–Trinajstić information content (AvgIpc) is 2.33. The first-order chi connectivity index (χ1) is 9.29. The topological polar surface area (TPSA) is 46.2 Å². The molecule has 2 aromatic carbocycles. The van der Waals surface area contributed by atoms with Gasteiger partial charge in [-0.15, -0.1) is 0 Å². The van der Waals surface area contributed by atoms with Crippen molar-refractivity contribution in [2.75, 3.05) is 4.72 Å². The lowest BCUT2D eigenvalue weighted by Gasteiger charge is -2.12. The Labute approximate surface area is 135 Å². The number of halogens is 2. The van der Waals surface area contributed by atoms with E-state index in [0.717, 1.165) is 15.6 Å². The number of hydrogen-bond acceptors (Lipinski definition) is 2. The monoisotopic (exact) mass is 417 g/mol. The molecule has 3 nitrogen and oxygen atoms in total. The Morgan fingerprint density at radius 3 is 2.35 bits per heavy atom. The Morgan fingerprint density at radius 2 is 1.70 bits per heavy atom. The van der Waals surface area contributed by atoms with E-state index in [4.69, 9.17) is 0 Å². The third-order valence-electron chi connectivity index (χ3n) is 2.82. The molecule has 0 saturated carbocycles. The van der Waals surface area contributed by atoms with Crippen LogP contribution in [0.4, 0.5) is 5.69 Å². The highest BCUT2D eigenvalue weighted by Crippen LogP contribution is 2.27. The quantitative estimate of drug-likeness (QED) is 0.789. The van der Waals surface area contributed by atoms with Gasteiger partial charge in [0, 0.05) is 8.95 Å². The lowest BCUT2D eigenvalue weighted by molar-refractivity contribution is 0.600. The average molecular weight is 419 g/mol. The molecule has 0 unspecified atom stereocenters. The molecule has 0 amide bonds. The zero-order valence-electron chi connectivity index (χ0n) is 10.9. The number of hydrogen-bond donors (Lipinski definition) is 1. The SMILES string of the molecule is Cc1ccc(S(=O)(=O)Nc2cc(Br)ccc2C)c(Br)c1. The summed E-state index contributed by atoms with van der Waals surface area (Å²) in [6, 6.07) is 10.6. The minimum atomic E-state index is -3.62. The van der Waals surface area contributed by atoms with Gasteiger partial charge in [-0.25, -0.2) is 8.42 Å². The molecule has 2 aromatic rings. The number of aryl methyl sites for hydroxylation is 2. The van der Waals surface area contributed by atoms with E-state index in [1.165, 1.54) is 0 Å². The van der Waals surface area contributed by atoms with E-state index in [1.807, 2.05) is 26.0 Å². The van der Waals surface area contributed by atoms with Crippen LogP contribution in [-0.4, -0.2) is 8.42 Å². The van der Waals surface area contributed by atoms with Crippen molar-refractivity contribution in [1.29, 1.82) is 0 Å². The molecule has 20 heavy (non-hydrogen) atoms. The highest BCUT2D eigenvalue weighted by molar-refractivity contribution is 9.10. The normalized spacial score (nSPS) is 11.4. The van der Waals surface area contributed by atoms with Gasteiger partial charge in [-0.3, -0.25) is 4.72 Å². The van der Waals surface area contributed by atoms with Gasteiger partial charge in [-0.2, -0.15) is 0 Å². The third-order valence-corrected chi connectivity index (χ3v) is 5.66. The zero-order chi connectivity index (χ0) is 14.9. The van der Waals surface area contributed by atoms with Gasteiger partial charge in [-0.1, -0.05) is 28.1 Å². The van der Waals surface area contributed by atoms with Crippen LogP contribution in [0.3, 0.4) is 0 Å². The van der Waals surface area contributed by atoms with E-state index in [0.29, 0.717) is 10.2 Å². The number of rotatable bonds is 3. The summed E-state index contributed by atoms with van der Waals surface area (Å²) in [7, 11) is -3.62. The van der Waals surface area contributed by atoms with E-state index >= 15 is 0 Å². The Hall–Kier alpha value is -0.850. The maximum absolute atomic E-state index is 12.4. The van der Waals surface area contributed by atoms with Crippen LogP contribution in [0.25, 0.3) is 0 Å². The lowest BCUT2D eigenvalue weighted by atomic mass is 10.2. The second-order valence-corrected chi connectivity index (χ2v) is 7.92. The molecule has 0 aliphatic rings. The minimum absolute atomic E-state index is 0.225. The van der Waals surface area contributed by atoms with E-state index < -0.39 is 10.0 Å². The van der Waals surface area contributed by atoms with Crippen LogP contribution in [0, 0.1) is 13.8 Å². The molecule has 106 valence electrons. The molecule has 0 atom stereocenters. The molecular formula is C14H13Br2NO2S. The molecule has 0 saturated heterocycles. The highest BCUT2D eigenvalue weighted by atomic mass is 79.9. The summed E-state index contributed by atoms with van der Waals surface area (Å²) in [6.07, 6.45) is 0. The van der Waals surface area contributed by atoms with Gasteiger partial charge in [0.05, 0.1) is 5.69 Å². The molecule has 0 fully saturated rings. The highest BCUT2D eigenvalue weighted by Gasteiger charge is 2.18. The van der Waals surface area contributed by atoms with E-state index in [2.05, 4.69) is 36.6 Å². The maximum atomic E-state index is 12.4. The van der Waals surface area contributed by atoms with Crippen LogP contribution in [0.1, 0.15) is 11.1 Å². The fourth-order valence-corrected chi connectivity index (χ4v) is 4.40. The van der Waals surface area contributed by atoms with Crippen LogP contribution < -0.4 is 4.72 Å². The molecule has 0 bridgehead atoms. The van der Waals surface area contributed by atoms with Crippen molar-refractivity contribution in [1.82, 2.24) is 0 Å². The second kappa shape index (κ2) is 5.87. The standard InChI is InChI=1S/C14H13Br2NO2S/c1-9-3-6-14(12(16)7-9)20(18,19)17-13-8-11(15)5-4-10(13)2/h3-8,17H,1-2H3. The predicted octanol–water partition coefficient (Wildman–Crippen LogP) is 4.63. The van der Waals surface area contributed by atoms with Crippen molar-refractivity contribution >= 4 is 47.6 Å². The van der Waals surface area contributed by atoms with Crippen LogP contribution in [0.5, 0.6) is 0 Å². The summed E-state index contributed by atoms with van der Waals surface area (Å²) in [4.78, 5) is 0.225. The van der Waals surface area contributed by atoms with Crippen LogP contribution in [-0.2, 0) is 10.0 Å². The van der Waals surface area contributed by atoms with Crippen LogP contribution in [0.15, 0.2) is 50.2 Å². The predicted molar refractivity (Wildman–Crippen MR) is 88.6 cm³/mol. The first-order valence-electron chi connectivity index (χ1n) is 5.85. The number of sulfonamides is 1. The third kappa shape index (κ3) is 3.42. The first kappa shape index (κ1) is 15.5. The lowest BCUT2D eigenvalue weighted by Crippen LogP contribution is -2.14. The van der Waals surface area contributed by atoms with Crippen molar-refractivity contribution in [3.05, 3.63) is 56.5 Å². The molecule has 0 spiro atoms. The van der Waals surface area contributed by atoms with Gasteiger partial charge in [0.1, 0.15) is 4.90 Å². The fraction of sp³-hybridized carbons (Fsp3) is 0.143. The van der Waals surface area contributed by atoms with Gasteiger partial charge in [0.15, 0.2) is 0 Å². The van der Waals surface area contributed by atoms with Crippen molar-refractivity contribution in [3.8, 4) is 0 Å². The summed E-state index contributed by atoms with van der Waals surface area (Å²) in [5, 5.41) is 0. The largest absolute Gasteiger partial charge is 0.279 e. The molecule has 0 aromatic heterocycles. The van der Waals surface area contributed by atoms with E-state index in [1.54, 1.807) is 24.3 Å². The summed E-state index contributed by atoms with van der Waals surface area (Å²) in [5.74, 6) is 0. The molecule has 0 aliphatic heterocycles. The van der Waals surface area contributed by atoms with Crippen LogP contribution >= 0.6 is 31.9 Å². The summed E-state index contributed by atoms with van der Waals surface area (Å²) >= 11 is 6.64. The Balaban J connectivity index is 2.43. The Bertz CT molecular complexity index is 758. The van der Waals surface area contributed by atoms with Gasteiger partial charge in [0.25, 0.3) is 10.0 Å². The Kier molecular flexibility index (Phi) is 4.56. The summed E-state index contributed by atoms with van der Waals surface area (Å²) < 4.78 is 28.9. The molecule has 0 radical (unpaired) electrons. The van der Waals surface area contributed by atoms with Gasteiger partial charge >= 0.3 is 0 Å². The molecule has 6 heteroatoms. The Morgan fingerprint density at radius 1 is 1.00 bits per heavy atom. The molecule has 0 aliphatic carbocycles. The second-order valence-electron chi connectivity index (χ2n) is 4.50. The van der Waals surface area contributed by atoms with Crippen molar-refractivity contribution in [2.24, 2.45) is 0 Å². The van der Waals surface area contributed by atoms with Crippen molar-refractivity contribution < 1.29 is 8.42 Å². The number of benzene rings is 2. The molecular weight excluding hydrogens is 406 g/mol. The van der Waals surface area contributed by atoms with E-state index in [-0.39, 0.29) is 4.90 Å². The fourth-order valence-electron chi connectivity index (χ4n) is 1.73. The first-order valence-corrected chi connectivity index (χ1v) is 8.91. The minimum Gasteiger partial charge on any atom is -0.279 e. The van der Waals surface area contributed by atoms with E-state index in [9.17, 15) is 8.42 Å². The zero-order valence-corrected chi connectivity index (χ0v) is 14.9. The van der Waals surface area contributed by atoms with Crippen molar-refractivity contribution in [2.45, 2.75) is 18.7 Å². The van der Waals surface area contributed by atoms with Crippen LogP contribution in [0.2, 0.25) is 0 Å². The molecule has 1 N–H and O–H groups in total. The maximum Gasteiger partial charge on any atom is 0.263 e. The van der Waals surface area contributed by atoms with Crippen molar-refractivity contribution in [3.63, 3.8) is 0 Å². The smallest absolute Gasteiger partial charge is 0.263 e. The molecule has 0 heterocycles. The van der Waals surface area contributed by atoms with Gasteiger partial charge < -0.3 is 0 Å².